The van der Waals surface area contributed by atoms with Crippen molar-refractivity contribution in [3.05, 3.63) is 57.3 Å². The molecule has 1 aromatic carbocycles. The van der Waals surface area contributed by atoms with Crippen molar-refractivity contribution in [2.45, 2.75) is 31.8 Å². The van der Waals surface area contributed by atoms with Crippen LogP contribution in [0.5, 0.6) is 0 Å². The minimum atomic E-state index is -1.48. The predicted octanol–water partition coefficient (Wildman–Crippen LogP) is 1.98. The number of rotatable bonds is 4. The molecule has 1 amide bonds. The van der Waals surface area contributed by atoms with E-state index in [1.165, 1.54) is 19.2 Å². The lowest BCUT2D eigenvalue weighted by atomic mass is 9.83. The Morgan fingerprint density at radius 3 is 2.54 bits per heavy atom. The van der Waals surface area contributed by atoms with Crippen molar-refractivity contribution >= 4 is 17.7 Å². The molecular weight excluding hydrogens is 340 g/mol. The van der Waals surface area contributed by atoms with Gasteiger partial charge in [-0.3, -0.25) is 14.9 Å². The van der Waals surface area contributed by atoms with Crippen LogP contribution in [-0.2, 0) is 9.53 Å². The van der Waals surface area contributed by atoms with Gasteiger partial charge in [0.2, 0.25) is 0 Å². The van der Waals surface area contributed by atoms with Gasteiger partial charge in [0.15, 0.2) is 0 Å². The highest BCUT2D eigenvalue weighted by atomic mass is 16.6. The average molecular weight is 358 g/mol. The van der Waals surface area contributed by atoms with Crippen LogP contribution in [0.4, 0.5) is 5.82 Å². The number of methoxy groups -OCH3 is 1. The molecule has 1 aliphatic rings. The first-order chi connectivity index (χ1) is 12.3. The lowest BCUT2D eigenvalue weighted by Gasteiger charge is -2.27. The summed E-state index contributed by atoms with van der Waals surface area (Å²) in [5.74, 6) is -1.53. The summed E-state index contributed by atoms with van der Waals surface area (Å²) in [6, 6.07) is 4.75. The molecule has 0 fully saturated rings. The molecule has 2 aromatic rings. The van der Waals surface area contributed by atoms with Gasteiger partial charge in [-0.2, -0.15) is 5.10 Å². The number of fused-ring (bicyclic) bond motifs is 1. The number of benzene rings is 1. The minimum Gasteiger partial charge on any atom is -0.465 e. The van der Waals surface area contributed by atoms with Gasteiger partial charge in [-0.05, 0) is 31.5 Å². The van der Waals surface area contributed by atoms with E-state index in [4.69, 9.17) is 0 Å². The fourth-order valence-corrected chi connectivity index (χ4v) is 3.16. The van der Waals surface area contributed by atoms with E-state index in [2.05, 4.69) is 15.2 Å². The Bertz CT molecular complexity index is 872. The number of aromatic nitrogens is 2. The van der Waals surface area contributed by atoms with E-state index in [0.29, 0.717) is 22.5 Å². The van der Waals surface area contributed by atoms with Gasteiger partial charge in [0.05, 0.1) is 24.8 Å². The quantitative estimate of drug-likeness (QED) is 0.507. The lowest BCUT2D eigenvalue weighted by Crippen LogP contribution is -2.44. The summed E-state index contributed by atoms with van der Waals surface area (Å²) in [5.41, 5.74) is 1.46. The molecule has 1 aromatic heterocycles. The van der Waals surface area contributed by atoms with Crippen LogP contribution in [0, 0.1) is 10.1 Å². The summed E-state index contributed by atoms with van der Waals surface area (Å²) in [6.07, 6.45) is 1.55. The number of amides is 1. The van der Waals surface area contributed by atoms with Crippen LogP contribution in [0.25, 0.3) is 0 Å². The molecule has 2 atom stereocenters. The van der Waals surface area contributed by atoms with E-state index in [0.717, 1.165) is 0 Å². The number of hydrogen-bond acceptors (Lipinski definition) is 6. The van der Waals surface area contributed by atoms with E-state index < -0.39 is 28.8 Å². The monoisotopic (exact) mass is 358 g/mol. The van der Waals surface area contributed by atoms with Crippen molar-refractivity contribution in [1.82, 2.24) is 9.78 Å². The second-order valence-electron chi connectivity index (χ2n) is 6.30. The zero-order valence-corrected chi connectivity index (χ0v) is 14.5. The van der Waals surface area contributed by atoms with E-state index in [1.807, 2.05) is 13.8 Å². The van der Waals surface area contributed by atoms with Gasteiger partial charge >= 0.3 is 17.9 Å². The van der Waals surface area contributed by atoms with Crippen LogP contribution in [0.1, 0.15) is 47.3 Å². The molecule has 0 saturated carbocycles. The smallest absolute Gasteiger partial charge is 0.337 e. The normalized spacial score (nSPS) is 19.0. The summed E-state index contributed by atoms with van der Waals surface area (Å²) < 4.78 is 6.28. The van der Waals surface area contributed by atoms with E-state index in [9.17, 15) is 19.7 Å². The Kier molecular flexibility index (Phi) is 4.45. The Morgan fingerprint density at radius 2 is 2.00 bits per heavy atom. The highest BCUT2D eigenvalue weighted by Crippen LogP contribution is 2.39. The fraction of sp³-hybridized carbons (Fsp3) is 0.353. The number of nitrogens with one attached hydrogen (secondary N) is 1. The largest absolute Gasteiger partial charge is 0.465 e. The molecule has 1 N–H and O–H groups in total. The third kappa shape index (κ3) is 2.81. The van der Waals surface area contributed by atoms with Crippen LogP contribution in [0.2, 0.25) is 0 Å². The maximum Gasteiger partial charge on any atom is 0.337 e. The molecule has 136 valence electrons. The number of carbonyl (C=O) groups excluding carboxylic acids is 2. The number of hydrogen-bond donors (Lipinski definition) is 1. The van der Waals surface area contributed by atoms with E-state index in [-0.39, 0.29) is 6.04 Å². The second-order valence-corrected chi connectivity index (χ2v) is 6.30. The number of anilines is 1. The zero-order chi connectivity index (χ0) is 19.0. The Labute approximate surface area is 149 Å². The summed E-state index contributed by atoms with van der Waals surface area (Å²) >= 11 is 0. The molecule has 2 heterocycles. The predicted molar refractivity (Wildman–Crippen MR) is 91.6 cm³/mol. The highest BCUT2D eigenvalue weighted by Gasteiger charge is 2.47. The highest BCUT2D eigenvalue weighted by molar-refractivity contribution is 5.98. The first kappa shape index (κ1) is 17.6. The molecule has 0 spiro atoms. The first-order valence-electron chi connectivity index (χ1n) is 8.05. The number of esters is 1. The van der Waals surface area contributed by atoms with Crippen molar-refractivity contribution in [2.75, 3.05) is 12.4 Å². The molecular formula is C17H18N4O5. The van der Waals surface area contributed by atoms with Crippen molar-refractivity contribution in [2.24, 2.45) is 0 Å². The summed E-state index contributed by atoms with van der Waals surface area (Å²) in [4.78, 5) is 35.0. The molecule has 1 aliphatic heterocycles. The number of nitrogens with zero attached hydrogens (tertiary/aromatic N) is 3. The summed E-state index contributed by atoms with van der Waals surface area (Å²) in [6.45, 7) is 3.80. The fourth-order valence-electron chi connectivity index (χ4n) is 3.16. The maximum absolute atomic E-state index is 12.4. The third-order valence-corrected chi connectivity index (χ3v) is 4.39. The van der Waals surface area contributed by atoms with Gasteiger partial charge in [0, 0.05) is 16.5 Å². The SMILES string of the molecule is COC(=O)c1ccc(C2c3cnn(C(C)C)c3NC(=O)C2[N+](=O)[O-])cc1. The molecule has 0 radical (unpaired) electrons. The molecule has 0 aliphatic carbocycles. The Hall–Kier alpha value is -3.23. The maximum atomic E-state index is 12.4. The summed E-state index contributed by atoms with van der Waals surface area (Å²) in [7, 11) is 1.27. The topological polar surface area (TPSA) is 116 Å². The van der Waals surface area contributed by atoms with Gasteiger partial charge in [0.1, 0.15) is 5.82 Å². The number of carbonyl (C=O) groups is 2. The molecule has 9 nitrogen and oxygen atoms in total. The molecule has 2 unspecified atom stereocenters. The van der Waals surface area contributed by atoms with Crippen LogP contribution >= 0.6 is 0 Å². The van der Waals surface area contributed by atoms with Crippen molar-refractivity contribution < 1.29 is 19.2 Å². The second kappa shape index (κ2) is 6.58. The summed E-state index contributed by atoms with van der Waals surface area (Å²) in [5, 5.41) is 18.4. The molecule has 0 bridgehead atoms. The lowest BCUT2D eigenvalue weighted by molar-refractivity contribution is -0.509. The molecule has 26 heavy (non-hydrogen) atoms. The van der Waals surface area contributed by atoms with Crippen LogP contribution < -0.4 is 5.32 Å². The van der Waals surface area contributed by atoms with Crippen LogP contribution in [0.3, 0.4) is 0 Å². The molecule has 9 heteroatoms. The van der Waals surface area contributed by atoms with Gasteiger partial charge in [-0.15, -0.1) is 0 Å². The molecule has 0 saturated heterocycles. The van der Waals surface area contributed by atoms with Crippen LogP contribution in [0.15, 0.2) is 30.5 Å². The van der Waals surface area contributed by atoms with Crippen molar-refractivity contribution in [3.63, 3.8) is 0 Å². The zero-order valence-electron chi connectivity index (χ0n) is 14.5. The number of ether oxygens (including phenoxy) is 1. The first-order valence-corrected chi connectivity index (χ1v) is 8.05. The average Bonchev–Trinajstić information content (AvgIpc) is 3.03. The van der Waals surface area contributed by atoms with Gasteiger partial charge in [-0.25, -0.2) is 9.48 Å². The molecule has 3 rings (SSSR count). The minimum absolute atomic E-state index is 0.0199. The van der Waals surface area contributed by atoms with E-state index >= 15 is 0 Å². The van der Waals surface area contributed by atoms with Gasteiger partial charge in [0.25, 0.3) is 0 Å². The van der Waals surface area contributed by atoms with Crippen molar-refractivity contribution in [3.8, 4) is 0 Å². The Morgan fingerprint density at radius 1 is 1.35 bits per heavy atom. The Balaban J connectivity index is 2.11. The van der Waals surface area contributed by atoms with Gasteiger partial charge in [-0.1, -0.05) is 12.1 Å². The standard InChI is InChI=1S/C17H18N4O5/c1-9(2)20-15-12(8-18-20)13(14(21(24)25)16(22)19-15)10-4-6-11(7-5-10)17(23)26-3/h4-9,13-14H,1-3H3,(H,19,22). The number of nitro groups is 1. The van der Waals surface area contributed by atoms with Crippen molar-refractivity contribution in [1.29, 1.82) is 0 Å². The van der Waals surface area contributed by atoms with Crippen LogP contribution in [-0.4, -0.2) is 39.7 Å². The van der Waals surface area contributed by atoms with Gasteiger partial charge < -0.3 is 10.1 Å². The van der Waals surface area contributed by atoms with E-state index in [1.54, 1.807) is 23.0 Å². The third-order valence-electron chi connectivity index (χ3n) is 4.39.